The number of fused-ring (bicyclic) bond motifs is 1. The van der Waals surface area contributed by atoms with Crippen LogP contribution in [-0.2, 0) is 17.7 Å². The minimum absolute atomic E-state index is 0.471. The van der Waals surface area contributed by atoms with E-state index in [1.807, 2.05) is 6.07 Å². The molecule has 0 bridgehead atoms. The lowest BCUT2D eigenvalue weighted by Gasteiger charge is -2.10. The fourth-order valence-corrected chi connectivity index (χ4v) is 3.41. The van der Waals surface area contributed by atoms with Gasteiger partial charge in [0.2, 0.25) is 0 Å². The molecule has 3 nitrogen and oxygen atoms in total. The van der Waals surface area contributed by atoms with Crippen molar-refractivity contribution in [1.29, 1.82) is 0 Å². The van der Waals surface area contributed by atoms with E-state index in [2.05, 4.69) is 22.9 Å². The van der Waals surface area contributed by atoms with Crippen LogP contribution in [0.5, 0.6) is 0 Å². The van der Waals surface area contributed by atoms with Gasteiger partial charge in [0.1, 0.15) is 0 Å². The Labute approximate surface area is 131 Å². The van der Waals surface area contributed by atoms with Crippen molar-refractivity contribution >= 4 is 22.5 Å². The van der Waals surface area contributed by atoms with E-state index in [4.69, 9.17) is 22.1 Å². The molecule has 0 amide bonds. The Hall–Kier alpha value is -1.03. The molecule has 1 fully saturated rings. The maximum atomic E-state index is 6.16. The maximum Gasteiger partial charge on any atom is 0.0576 e. The second kappa shape index (κ2) is 6.82. The standard InChI is InChI=1S/C17H23ClN2O/c18-14-5-6-16-13(7-8-19)12-20(17(16)11-14)9-1-3-15-4-2-10-21-15/h5-6,11-12,15H,1-4,7-10,19H2. The Balaban J connectivity index is 1.75. The van der Waals surface area contributed by atoms with Gasteiger partial charge in [0.15, 0.2) is 0 Å². The van der Waals surface area contributed by atoms with E-state index in [9.17, 15) is 0 Å². The zero-order valence-electron chi connectivity index (χ0n) is 12.4. The first-order chi connectivity index (χ1) is 10.3. The normalized spacial score (nSPS) is 18.7. The first-order valence-corrected chi connectivity index (χ1v) is 8.24. The third kappa shape index (κ3) is 3.42. The number of rotatable bonds is 6. The molecule has 1 unspecified atom stereocenters. The van der Waals surface area contributed by atoms with Gasteiger partial charge in [-0.15, -0.1) is 0 Å². The Morgan fingerprint density at radius 3 is 3.05 bits per heavy atom. The van der Waals surface area contributed by atoms with Crippen LogP contribution in [0.25, 0.3) is 10.9 Å². The number of halogens is 1. The molecule has 1 atom stereocenters. The van der Waals surface area contributed by atoms with Crippen LogP contribution in [0.1, 0.15) is 31.2 Å². The summed E-state index contributed by atoms with van der Waals surface area (Å²) in [6.07, 6.45) is 8.35. The summed E-state index contributed by atoms with van der Waals surface area (Å²) in [5, 5.41) is 2.07. The van der Waals surface area contributed by atoms with Gasteiger partial charge in [0, 0.05) is 35.3 Å². The second-order valence-corrected chi connectivity index (χ2v) is 6.26. The van der Waals surface area contributed by atoms with Crippen molar-refractivity contribution in [2.45, 2.75) is 44.8 Å². The number of aromatic nitrogens is 1. The zero-order valence-corrected chi connectivity index (χ0v) is 13.1. The van der Waals surface area contributed by atoms with Gasteiger partial charge < -0.3 is 15.0 Å². The molecule has 114 valence electrons. The smallest absolute Gasteiger partial charge is 0.0576 e. The van der Waals surface area contributed by atoms with Gasteiger partial charge in [-0.2, -0.15) is 0 Å². The minimum atomic E-state index is 0.471. The number of hydrogen-bond donors (Lipinski definition) is 1. The highest BCUT2D eigenvalue weighted by Crippen LogP contribution is 2.26. The third-order valence-corrected chi connectivity index (χ3v) is 4.52. The van der Waals surface area contributed by atoms with Crippen LogP contribution in [0.2, 0.25) is 5.02 Å². The summed E-state index contributed by atoms with van der Waals surface area (Å²) < 4.78 is 8.01. The monoisotopic (exact) mass is 306 g/mol. The van der Waals surface area contributed by atoms with Crippen LogP contribution in [0, 0.1) is 0 Å². The molecular formula is C17H23ClN2O. The van der Waals surface area contributed by atoms with E-state index in [-0.39, 0.29) is 0 Å². The van der Waals surface area contributed by atoms with E-state index in [0.717, 1.165) is 37.4 Å². The van der Waals surface area contributed by atoms with Gasteiger partial charge in [0.25, 0.3) is 0 Å². The lowest BCUT2D eigenvalue weighted by molar-refractivity contribution is 0.101. The van der Waals surface area contributed by atoms with E-state index in [1.165, 1.54) is 29.3 Å². The Morgan fingerprint density at radius 2 is 2.29 bits per heavy atom. The van der Waals surface area contributed by atoms with Crippen molar-refractivity contribution < 1.29 is 4.74 Å². The molecule has 21 heavy (non-hydrogen) atoms. The van der Waals surface area contributed by atoms with Gasteiger partial charge in [-0.1, -0.05) is 17.7 Å². The molecule has 0 spiro atoms. The highest BCUT2D eigenvalue weighted by Gasteiger charge is 2.15. The minimum Gasteiger partial charge on any atom is -0.378 e. The van der Waals surface area contributed by atoms with Crippen LogP contribution in [0.15, 0.2) is 24.4 Å². The molecule has 1 saturated heterocycles. The summed E-state index contributed by atoms with van der Waals surface area (Å²) in [6, 6.07) is 6.13. The molecule has 0 aliphatic carbocycles. The number of hydrogen-bond acceptors (Lipinski definition) is 2. The SMILES string of the molecule is NCCc1cn(CCCC2CCCO2)c2cc(Cl)ccc12. The highest BCUT2D eigenvalue weighted by molar-refractivity contribution is 6.31. The first-order valence-electron chi connectivity index (χ1n) is 7.87. The highest BCUT2D eigenvalue weighted by atomic mass is 35.5. The fourth-order valence-electron chi connectivity index (χ4n) is 3.24. The topological polar surface area (TPSA) is 40.2 Å². The summed E-state index contributed by atoms with van der Waals surface area (Å²) in [6.45, 7) is 2.63. The summed E-state index contributed by atoms with van der Waals surface area (Å²) in [4.78, 5) is 0. The molecule has 2 N–H and O–H groups in total. The summed E-state index contributed by atoms with van der Waals surface area (Å²) in [5.41, 5.74) is 8.26. The van der Waals surface area contributed by atoms with Gasteiger partial charge in [-0.25, -0.2) is 0 Å². The predicted molar refractivity (Wildman–Crippen MR) is 87.9 cm³/mol. The molecule has 4 heteroatoms. The molecule has 1 aliphatic heterocycles. The van der Waals surface area contributed by atoms with Crippen molar-refractivity contribution in [2.75, 3.05) is 13.2 Å². The van der Waals surface area contributed by atoms with Crippen molar-refractivity contribution in [2.24, 2.45) is 5.73 Å². The zero-order chi connectivity index (χ0) is 14.7. The summed E-state index contributed by atoms with van der Waals surface area (Å²) in [5.74, 6) is 0. The molecule has 0 radical (unpaired) electrons. The first kappa shape index (κ1) is 14.9. The number of nitrogens with two attached hydrogens (primary N) is 1. The molecule has 2 aromatic rings. The number of aryl methyl sites for hydroxylation is 1. The van der Waals surface area contributed by atoms with Crippen LogP contribution in [0.3, 0.4) is 0 Å². The van der Waals surface area contributed by atoms with E-state index < -0.39 is 0 Å². The van der Waals surface area contributed by atoms with Gasteiger partial charge in [0.05, 0.1) is 6.10 Å². The van der Waals surface area contributed by atoms with Crippen LogP contribution in [-0.4, -0.2) is 23.8 Å². The second-order valence-electron chi connectivity index (χ2n) is 5.83. The largest absolute Gasteiger partial charge is 0.378 e. The van der Waals surface area contributed by atoms with Crippen molar-refractivity contribution in [3.8, 4) is 0 Å². The molecular weight excluding hydrogens is 284 g/mol. The number of nitrogens with zero attached hydrogens (tertiary/aromatic N) is 1. The Bertz CT molecular complexity index is 602. The fraction of sp³-hybridized carbons (Fsp3) is 0.529. The predicted octanol–water partition coefficient (Wildman–Crippen LogP) is 3.76. The Kier molecular flexibility index (Phi) is 4.84. The number of ether oxygens (including phenoxy) is 1. The van der Waals surface area contributed by atoms with E-state index >= 15 is 0 Å². The van der Waals surface area contributed by atoms with Crippen LogP contribution < -0.4 is 5.73 Å². The summed E-state index contributed by atoms with van der Waals surface area (Å²) >= 11 is 6.16. The number of benzene rings is 1. The molecule has 1 aromatic heterocycles. The van der Waals surface area contributed by atoms with Crippen molar-refractivity contribution in [3.05, 3.63) is 35.0 Å². The molecule has 1 aromatic carbocycles. The third-order valence-electron chi connectivity index (χ3n) is 4.29. The van der Waals surface area contributed by atoms with Crippen molar-refractivity contribution in [1.82, 2.24) is 4.57 Å². The summed E-state index contributed by atoms with van der Waals surface area (Å²) in [7, 11) is 0. The quantitative estimate of drug-likeness (QED) is 0.883. The Morgan fingerprint density at radius 1 is 1.38 bits per heavy atom. The average molecular weight is 307 g/mol. The molecule has 0 saturated carbocycles. The van der Waals surface area contributed by atoms with Crippen LogP contribution in [0.4, 0.5) is 0 Å². The van der Waals surface area contributed by atoms with Crippen molar-refractivity contribution in [3.63, 3.8) is 0 Å². The average Bonchev–Trinajstić information content (AvgIpc) is 3.09. The lowest BCUT2D eigenvalue weighted by Crippen LogP contribution is -2.07. The lowest BCUT2D eigenvalue weighted by atomic mass is 10.1. The van der Waals surface area contributed by atoms with E-state index in [1.54, 1.807) is 0 Å². The van der Waals surface area contributed by atoms with Gasteiger partial charge >= 0.3 is 0 Å². The van der Waals surface area contributed by atoms with Gasteiger partial charge in [-0.3, -0.25) is 0 Å². The van der Waals surface area contributed by atoms with E-state index in [0.29, 0.717) is 12.6 Å². The molecule has 2 heterocycles. The molecule has 3 rings (SSSR count). The van der Waals surface area contributed by atoms with Crippen LogP contribution >= 0.6 is 11.6 Å². The molecule has 1 aliphatic rings. The maximum absolute atomic E-state index is 6.16. The van der Waals surface area contributed by atoms with Gasteiger partial charge in [-0.05, 0) is 56.3 Å².